The summed E-state index contributed by atoms with van der Waals surface area (Å²) < 4.78 is 5.09. The number of carbonyl (C=O) groups is 4. The van der Waals surface area contributed by atoms with Crippen molar-refractivity contribution in [1.29, 1.82) is 0 Å². The molecule has 0 spiro atoms. The van der Waals surface area contributed by atoms with Crippen molar-refractivity contribution in [1.82, 2.24) is 9.80 Å². The molecule has 0 bridgehead atoms. The average Bonchev–Trinajstić information content (AvgIpc) is 2.97. The van der Waals surface area contributed by atoms with Gasteiger partial charge in [-0.3, -0.25) is 14.4 Å². The number of hydrogen-bond donors (Lipinski definition) is 0. The van der Waals surface area contributed by atoms with E-state index in [4.69, 9.17) is 4.74 Å². The predicted octanol–water partition coefficient (Wildman–Crippen LogP) is 3.91. The molecule has 7 nitrogen and oxygen atoms in total. The smallest absolute Gasteiger partial charge is 0.335 e. The van der Waals surface area contributed by atoms with Gasteiger partial charge in [0.2, 0.25) is 0 Å². The van der Waals surface area contributed by atoms with Gasteiger partial charge in [0.15, 0.2) is 5.78 Å². The topological polar surface area (TPSA) is 84.0 Å². The Morgan fingerprint density at radius 1 is 0.875 bits per heavy atom. The van der Waals surface area contributed by atoms with Gasteiger partial charge in [0, 0.05) is 11.1 Å². The maximum atomic E-state index is 13.1. The molecule has 7 heteroatoms. The highest BCUT2D eigenvalue weighted by atomic mass is 16.5. The highest BCUT2D eigenvalue weighted by molar-refractivity contribution is 6.23. The minimum Gasteiger partial charge on any atom is -0.497 e. The standard InChI is InChI=1S/C25H22N2O5/c1-25(2)23(30)27(22(29)19-9-8-16-6-4-5-7-18(16)14-19)24(31)26(25)15-21(28)17-10-12-20(32-3)13-11-17/h4-14H,15H2,1-3H3. The van der Waals surface area contributed by atoms with Crippen LogP contribution >= 0.6 is 0 Å². The van der Waals surface area contributed by atoms with E-state index < -0.39 is 23.4 Å². The van der Waals surface area contributed by atoms with Crippen LogP contribution in [0.5, 0.6) is 5.75 Å². The fraction of sp³-hybridized carbons (Fsp3) is 0.200. The van der Waals surface area contributed by atoms with E-state index in [0.717, 1.165) is 15.7 Å². The molecule has 1 fully saturated rings. The van der Waals surface area contributed by atoms with Gasteiger partial charge in [-0.2, -0.15) is 4.90 Å². The second-order valence-electron chi connectivity index (χ2n) is 8.09. The van der Waals surface area contributed by atoms with Crippen LogP contribution in [0, 0.1) is 0 Å². The van der Waals surface area contributed by atoms with E-state index in [1.165, 1.54) is 21.0 Å². The Kier molecular flexibility index (Phi) is 5.26. The molecular weight excluding hydrogens is 408 g/mol. The number of Topliss-reactive ketones (excluding diaryl/α,β-unsaturated/α-hetero) is 1. The molecule has 0 saturated carbocycles. The lowest BCUT2D eigenvalue weighted by Crippen LogP contribution is -2.46. The number of methoxy groups -OCH3 is 1. The first-order chi connectivity index (χ1) is 15.2. The molecule has 1 heterocycles. The van der Waals surface area contributed by atoms with Crippen molar-refractivity contribution in [2.24, 2.45) is 0 Å². The highest BCUT2D eigenvalue weighted by Crippen LogP contribution is 2.30. The summed E-state index contributed by atoms with van der Waals surface area (Å²) >= 11 is 0. The number of nitrogens with zero attached hydrogens (tertiary/aromatic N) is 2. The van der Waals surface area contributed by atoms with Gasteiger partial charge in [-0.15, -0.1) is 0 Å². The highest BCUT2D eigenvalue weighted by Gasteiger charge is 2.54. The van der Waals surface area contributed by atoms with Crippen LogP contribution in [-0.4, -0.2) is 52.6 Å². The molecule has 1 aliphatic heterocycles. The van der Waals surface area contributed by atoms with Crippen LogP contribution in [0.1, 0.15) is 34.6 Å². The summed E-state index contributed by atoms with van der Waals surface area (Å²) in [6, 6.07) is 18.2. The van der Waals surface area contributed by atoms with Gasteiger partial charge in [0.1, 0.15) is 11.3 Å². The first kappa shape index (κ1) is 21.2. The monoisotopic (exact) mass is 430 g/mol. The number of ketones is 1. The van der Waals surface area contributed by atoms with Crippen molar-refractivity contribution in [2.45, 2.75) is 19.4 Å². The average molecular weight is 430 g/mol. The van der Waals surface area contributed by atoms with Crippen LogP contribution in [-0.2, 0) is 4.79 Å². The summed E-state index contributed by atoms with van der Waals surface area (Å²) in [5.41, 5.74) is -0.739. The van der Waals surface area contributed by atoms with Gasteiger partial charge in [0.05, 0.1) is 13.7 Å². The number of urea groups is 1. The van der Waals surface area contributed by atoms with Crippen molar-refractivity contribution in [3.8, 4) is 5.75 Å². The van der Waals surface area contributed by atoms with Crippen LogP contribution in [0.25, 0.3) is 10.8 Å². The summed E-state index contributed by atoms with van der Waals surface area (Å²) in [4.78, 5) is 53.8. The fourth-order valence-corrected chi connectivity index (χ4v) is 3.74. The van der Waals surface area contributed by atoms with E-state index >= 15 is 0 Å². The van der Waals surface area contributed by atoms with Crippen molar-refractivity contribution in [3.63, 3.8) is 0 Å². The van der Waals surface area contributed by atoms with Crippen molar-refractivity contribution in [2.75, 3.05) is 13.7 Å². The number of amides is 4. The number of benzene rings is 3. The molecule has 162 valence electrons. The molecule has 4 rings (SSSR count). The van der Waals surface area contributed by atoms with Gasteiger partial charge >= 0.3 is 6.03 Å². The van der Waals surface area contributed by atoms with E-state index in [-0.39, 0.29) is 17.9 Å². The summed E-state index contributed by atoms with van der Waals surface area (Å²) in [5.74, 6) is -1.12. The Labute approximate surface area is 185 Å². The molecule has 0 unspecified atom stereocenters. The maximum Gasteiger partial charge on any atom is 0.335 e. The molecule has 4 amide bonds. The lowest BCUT2D eigenvalue weighted by molar-refractivity contribution is -0.130. The van der Waals surface area contributed by atoms with E-state index in [9.17, 15) is 19.2 Å². The quantitative estimate of drug-likeness (QED) is 0.348. The van der Waals surface area contributed by atoms with Crippen LogP contribution in [0.3, 0.4) is 0 Å². The summed E-state index contributed by atoms with van der Waals surface area (Å²) in [6.45, 7) is 2.73. The number of rotatable bonds is 5. The third kappa shape index (κ3) is 3.51. The fourth-order valence-electron chi connectivity index (χ4n) is 3.74. The van der Waals surface area contributed by atoms with E-state index in [1.807, 2.05) is 24.3 Å². The predicted molar refractivity (Wildman–Crippen MR) is 119 cm³/mol. The number of fused-ring (bicyclic) bond motifs is 1. The van der Waals surface area contributed by atoms with Crippen LogP contribution in [0.15, 0.2) is 66.7 Å². The van der Waals surface area contributed by atoms with Crippen molar-refractivity contribution in [3.05, 3.63) is 77.9 Å². The van der Waals surface area contributed by atoms with Gasteiger partial charge in [-0.05, 0) is 61.0 Å². The SMILES string of the molecule is COc1ccc(C(=O)CN2C(=O)N(C(=O)c3ccc4ccccc4c3)C(=O)C2(C)C)cc1. The molecule has 1 saturated heterocycles. The van der Waals surface area contributed by atoms with Crippen LogP contribution in [0.2, 0.25) is 0 Å². The Hall–Kier alpha value is -4.00. The molecule has 1 aliphatic rings. The molecule has 0 aliphatic carbocycles. The zero-order chi connectivity index (χ0) is 23.0. The molecule has 0 atom stereocenters. The van der Waals surface area contributed by atoms with Crippen molar-refractivity contribution >= 4 is 34.4 Å². The lowest BCUT2D eigenvalue weighted by atomic mass is 10.0. The summed E-state index contributed by atoms with van der Waals surface area (Å²) in [7, 11) is 1.52. The molecular formula is C25H22N2O5. The molecule has 3 aromatic rings. The maximum absolute atomic E-state index is 13.1. The number of imide groups is 3. The summed E-state index contributed by atoms with van der Waals surface area (Å²) in [5, 5.41) is 1.76. The van der Waals surface area contributed by atoms with E-state index in [1.54, 1.807) is 42.5 Å². The largest absolute Gasteiger partial charge is 0.497 e. The third-order valence-corrected chi connectivity index (χ3v) is 5.74. The zero-order valence-corrected chi connectivity index (χ0v) is 18.0. The first-order valence-electron chi connectivity index (χ1n) is 10.1. The first-order valence-corrected chi connectivity index (χ1v) is 10.1. The van der Waals surface area contributed by atoms with E-state index in [0.29, 0.717) is 16.2 Å². The normalized spacial score (nSPS) is 15.3. The van der Waals surface area contributed by atoms with E-state index in [2.05, 4.69) is 0 Å². The Morgan fingerprint density at radius 2 is 1.50 bits per heavy atom. The van der Waals surface area contributed by atoms with Crippen LogP contribution in [0.4, 0.5) is 4.79 Å². The van der Waals surface area contributed by atoms with Gasteiger partial charge in [0.25, 0.3) is 11.8 Å². The number of ether oxygens (including phenoxy) is 1. The molecule has 0 radical (unpaired) electrons. The third-order valence-electron chi connectivity index (χ3n) is 5.74. The van der Waals surface area contributed by atoms with Crippen molar-refractivity contribution < 1.29 is 23.9 Å². The minimum absolute atomic E-state index is 0.226. The Balaban J connectivity index is 1.60. The Bertz CT molecular complexity index is 1250. The molecule has 3 aromatic carbocycles. The van der Waals surface area contributed by atoms with Gasteiger partial charge in [-0.25, -0.2) is 4.79 Å². The second-order valence-corrected chi connectivity index (χ2v) is 8.09. The lowest BCUT2D eigenvalue weighted by Gasteiger charge is -2.26. The minimum atomic E-state index is -1.34. The second kappa shape index (κ2) is 7.92. The number of hydrogen-bond acceptors (Lipinski definition) is 5. The Morgan fingerprint density at radius 3 is 2.16 bits per heavy atom. The van der Waals surface area contributed by atoms with Gasteiger partial charge < -0.3 is 9.64 Å². The number of carbonyl (C=O) groups excluding carboxylic acids is 4. The molecule has 0 aromatic heterocycles. The van der Waals surface area contributed by atoms with Gasteiger partial charge in [-0.1, -0.05) is 30.3 Å². The summed E-state index contributed by atoms with van der Waals surface area (Å²) in [6.07, 6.45) is 0. The molecule has 0 N–H and O–H groups in total. The zero-order valence-electron chi connectivity index (χ0n) is 18.0. The van der Waals surface area contributed by atoms with Crippen LogP contribution < -0.4 is 4.74 Å². The molecule has 32 heavy (non-hydrogen) atoms.